The van der Waals surface area contributed by atoms with Crippen molar-refractivity contribution in [3.05, 3.63) is 96.1 Å². The number of hydrogen-bond donors (Lipinski definition) is 2. The topological polar surface area (TPSA) is 57.5 Å². The predicted octanol–water partition coefficient (Wildman–Crippen LogP) is 4.47. The quantitative estimate of drug-likeness (QED) is 0.518. The van der Waals surface area contributed by atoms with E-state index in [4.69, 9.17) is 10.1 Å². The lowest BCUT2D eigenvalue weighted by Crippen LogP contribution is -2.19. The number of nitrogens with one attached hydrogen (secondary N) is 2. The Labute approximate surface area is 147 Å². The molecular formula is C21H19N3O. The van der Waals surface area contributed by atoms with Gasteiger partial charge in [0.05, 0.1) is 5.71 Å². The molecule has 0 amide bonds. The molecule has 0 aliphatic rings. The third-order valence-corrected chi connectivity index (χ3v) is 3.63. The van der Waals surface area contributed by atoms with Gasteiger partial charge in [0.25, 0.3) is 0 Å². The fourth-order valence-corrected chi connectivity index (χ4v) is 2.42. The van der Waals surface area contributed by atoms with Gasteiger partial charge in [0.2, 0.25) is 0 Å². The summed E-state index contributed by atoms with van der Waals surface area (Å²) in [6, 6.07) is 26.8. The van der Waals surface area contributed by atoms with Gasteiger partial charge in [-0.2, -0.15) is 5.10 Å². The highest BCUT2D eigenvalue weighted by atomic mass is 16.5. The first kappa shape index (κ1) is 16.5. The van der Waals surface area contributed by atoms with Crippen molar-refractivity contribution in [1.29, 1.82) is 5.41 Å². The Balaban J connectivity index is 1.83. The Hall–Kier alpha value is -3.40. The maximum atomic E-state index is 8.46. The monoisotopic (exact) mass is 329 g/mol. The molecule has 0 aromatic heterocycles. The van der Waals surface area contributed by atoms with Crippen LogP contribution in [0.3, 0.4) is 0 Å². The van der Waals surface area contributed by atoms with E-state index in [-0.39, 0.29) is 0 Å². The summed E-state index contributed by atoms with van der Waals surface area (Å²) in [7, 11) is 1.73. The highest BCUT2D eigenvalue weighted by Gasteiger charge is 2.12. The number of nitrogens with zero attached hydrogens (tertiary/aromatic N) is 1. The Kier molecular flexibility index (Phi) is 5.22. The molecule has 2 N–H and O–H groups in total. The summed E-state index contributed by atoms with van der Waals surface area (Å²) in [5.74, 6) is 1.53. The minimum Gasteiger partial charge on any atom is -0.457 e. The van der Waals surface area contributed by atoms with E-state index in [2.05, 4.69) is 10.5 Å². The van der Waals surface area contributed by atoms with Crippen molar-refractivity contribution in [2.45, 2.75) is 0 Å². The fraction of sp³-hybridized carbons (Fsp3) is 0.0476. The molecule has 124 valence electrons. The molecule has 0 fully saturated rings. The van der Waals surface area contributed by atoms with Crippen LogP contribution in [0.2, 0.25) is 0 Å². The molecule has 0 saturated heterocycles. The van der Waals surface area contributed by atoms with Crippen LogP contribution in [-0.2, 0) is 0 Å². The zero-order chi connectivity index (χ0) is 17.5. The van der Waals surface area contributed by atoms with Gasteiger partial charge >= 0.3 is 0 Å². The van der Waals surface area contributed by atoms with E-state index in [1.165, 1.54) is 0 Å². The summed E-state index contributed by atoms with van der Waals surface area (Å²) in [4.78, 5) is 0. The number of ether oxygens (including phenoxy) is 1. The van der Waals surface area contributed by atoms with Crippen LogP contribution in [0.4, 0.5) is 0 Å². The smallest absolute Gasteiger partial charge is 0.127 e. The molecule has 0 spiro atoms. The highest BCUT2D eigenvalue weighted by molar-refractivity contribution is 6.52. The van der Waals surface area contributed by atoms with Crippen molar-refractivity contribution in [3.8, 4) is 11.5 Å². The van der Waals surface area contributed by atoms with Crippen LogP contribution < -0.4 is 10.2 Å². The fourth-order valence-electron chi connectivity index (χ4n) is 2.42. The summed E-state index contributed by atoms with van der Waals surface area (Å²) in [6.45, 7) is 0. The summed E-state index contributed by atoms with van der Waals surface area (Å²) in [5.41, 5.74) is 5.41. The van der Waals surface area contributed by atoms with Crippen LogP contribution in [0.25, 0.3) is 0 Å². The van der Waals surface area contributed by atoms with Crippen LogP contribution in [-0.4, -0.2) is 18.5 Å². The standard InChI is InChI=1S/C21H19N3O/c1-23-24-21(20(22)16-8-4-2-5-9-16)17-12-14-19(15-13-17)25-18-10-6-3-7-11-18/h2-15,22-23H,1H3/b22-20?,24-21-. The van der Waals surface area contributed by atoms with Crippen molar-refractivity contribution in [2.75, 3.05) is 7.05 Å². The molecule has 0 unspecified atom stereocenters. The van der Waals surface area contributed by atoms with E-state index >= 15 is 0 Å². The number of hydrogen-bond acceptors (Lipinski definition) is 4. The van der Waals surface area contributed by atoms with Crippen molar-refractivity contribution in [3.63, 3.8) is 0 Å². The Morgan fingerprint density at radius 3 is 1.92 bits per heavy atom. The van der Waals surface area contributed by atoms with E-state index in [9.17, 15) is 0 Å². The number of rotatable bonds is 6. The van der Waals surface area contributed by atoms with Crippen LogP contribution in [0.5, 0.6) is 11.5 Å². The maximum absolute atomic E-state index is 8.46. The number of benzene rings is 3. The molecule has 4 heteroatoms. The minimum atomic E-state index is 0.367. The maximum Gasteiger partial charge on any atom is 0.127 e. The summed E-state index contributed by atoms with van der Waals surface area (Å²) in [5, 5.41) is 12.7. The second-order valence-electron chi connectivity index (χ2n) is 5.36. The average molecular weight is 329 g/mol. The second kappa shape index (κ2) is 7.93. The lowest BCUT2D eigenvalue weighted by molar-refractivity contribution is 0.482. The van der Waals surface area contributed by atoms with E-state index in [0.29, 0.717) is 11.4 Å². The molecule has 0 heterocycles. The van der Waals surface area contributed by atoms with Gasteiger partial charge < -0.3 is 10.2 Å². The summed E-state index contributed by atoms with van der Waals surface area (Å²) < 4.78 is 5.81. The molecular weight excluding hydrogens is 310 g/mol. The van der Waals surface area contributed by atoms with Crippen molar-refractivity contribution < 1.29 is 4.74 Å². The van der Waals surface area contributed by atoms with Gasteiger partial charge in [-0.1, -0.05) is 48.5 Å². The van der Waals surface area contributed by atoms with Gasteiger partial charge in [-0.3, -0.25) is 5.41 Å². The third kappa shape index (κ3) is 4.12. The normalized spacial score (nSPS) is 11.0. The van der Waals surface area contributed by atoms with Gasteiger partial charge in [0, 0.05) is 18.2 Å². The molecule has 0 atom stereocenters. The Bertz CT molecular complexity index is 857. The first-order chi connectivity index (χ1) is 12.3. The van der Waals surface area contributed by atoms with Gasteiger partial charge in [0.15, 0.2) is 0 Å². The molecule has 3 aromatic rings. The molecule has 0 saturated carbocycles. The molecule has 3 rings (SSSR count). The third-order valence-electron chi connectivity index (χ3n) is 3.63. The summed E-state index contributed by atoms with van der Waals surface area (Å²) in [6.07, 6.45) is 0. The first-order valence-electron chi connectivity index (χ1n) is 8.00. The minimum absolute atomic E-state index is 0.367. The van der Waals surface area contributed by atoms with E-state index in [1.54, 1.807) is 7.05 Å². The molecule has 25 heavy (non-hydrogen) atoms. The highest BCUT2D eigenvalue weighted by Crippen LogP contribution is 2.21. The predicted molar refractivity (Wildman–Crippen MR) is 102 cm³/mol. The second-order valence-corrected chi connectivity index (χ2v) is 5.36. The van der Waals surface area contributed by atoms with Crippen molar-refractivity contribution in [2.24, 2.45) is 5.10 Å². The Morgan fingerprint density at radius 1 is 0.760 bits per heavy atom. The molecule has 0 aliphatic carbocycles. The van der Waals surface area contributed by atoms with Crippen molar-refractivity contribution in [1.82, 2.24) is 5.43 Å². The zero-order valence-electron chi connectivity index (χ0n) is 13.9. The Morgan fingerprint density at radius 2 is 1.32 bits per heavy atom. The van der Waals surface area contributed by atoms with Crippen LogP contribution in [0, 0.1) is 5.41 Å². The molecule has 3 aromatic carbocycles. The van der Waals surface area contributed by atoms with Gasteiger partial charge in [-0.05, 0) is 36.4 Å². The van der Waals surface area contributed by atoms with Crippen LogP contribution in [0.1, 0.15) is 11.1 Å². The zero-order valence-corrected chi connectivity index (χ0v) is 13.9. The molecule has 0 radical (unpaired) electrons. The van der Waals surface area contributed by atoms with E-state index in [1.807, 2.05) is 84.9 Å². The van der Waals surface area contributed by atoms with Gasteiger partial charge in [-0.15, -0.1) is 0 Å². The molecule has 0 bridgehead atoms. The lowest BCUT2D eigenvalue weighted by atomic mass is 10.00. The largest absolute Gasteiger partial charge is 0.457 e. The first-order valence-corrected chi connectivity index (χ1v) is 8.00. The average Bonchev–Trinajstić information content (AvgIpc) is 2.68. The van der Waals surface area contributed by atoms with Crippen LogP contribution >= 0.6 is 0 Å². The van der Waals surface area contributed by atoms with Gasteiger partial charge in [0.1, 0.15) is 17.2 Å². The van der Waals surface area contributed by atoms with Crippen molar-refractivity contribution >= 4 is 11.4 Å². The lowest BCUT2D eigenvalue weighted by Gasteiger charge is -2.10. The van der Waals surface area contributed by atoms with Gasteiger partial charge in [-0.25, -0.2) is 0 Å². The number of para-hydroxylation sites is 1. The van der Waals surface area contributed by atoms with E-state index < -0.39 is 0 Å². The SMILES string of the molecule is CN/N=C(\C(=N)c1ccccc1)c1ccc(Oc2ccccc2)cc1. The van der Waals surface area contributed by atoms with E-state index in [0.717, 1.165) is 22.6 Å². The number of hydrazone groups is 1. The molecule has 4 nitrogen and oxygen atoms in total. The van der Waals surface area contributed by atoms with Crippen LogP contribution in [0.15, 0.2) is 90.0 Å². The summed E-state index contributed by atoms with van der Waals surface area (Å²) >= 11 is 0. The molecule has 0 aliphatic heterocycles.